The molecule has 144 heavy (non-hydrogen) atoms. The van der Waals surface area contributed by atoms with Crippen LogP contribution in [0.4, 0.5) is 10.1 Å². The minimum atomic E-state index is -0.382. The lowest BCUT2D eigenvalue weighted by molar-refractivity contribution is -0.385. The number of fused-ring (bicyclic) bond motifs is 15. The van der Waals surface area contributed by atoms with Gasteiger partial charge < -0.3 is 22.1 Å². The Balaban J connectivity index is 0.000000106. The van der Waals surface area contributed by atoms with Crippen molar-refractivity contribution in [1.82, 2.24) is 77.7 Å². The van der Waals surface area contributed by atoms with E-state index >= 15 is 0 Å². The molecule has 0 N–H and O–H groups in total. The quantitative estimate of drug-likeness (QED) is 0.0857. The normalized spacial score (nSPS) is 15.4. The zero-order valence-corrected chi connectivity index (χ0v) is 86.6. The lowest BCUT2D eigenvalue weighted by Crippen LogP contribution is -2.09. The van der Waals surface area contributed by atoms with E-state index in [1.54, 1.807) is 55.4 Å². The Hall–Kier alpha value is -15.4. The summed E-state index contributed by atoms with van der Waals surface area (Å²) >= 11 is 24.4. The Kier molecular flexibility index (Phi) is 26.2. The van der Waals surface area contributed by atoms with E-state index in [4.69, 9.17) is 58.6 Å². The molecule has 0 fully saturated rings. The van der Waals surface area contributed by atoms with Gasteiger partial charge in [-0.15, -0.1) is 0 Å². The van der Waals surface area contributed by atoms with Crippen molar-refractivity contribution < 1.29 is 31.4 Å². The Bertz CT molecular complexity index is 8170. The summed E-state index contributed by atoms with van der Waals surface area (Å²) in [6.45, 7) is 17.8. The van der Waals surface area contributed by atoms with Gasteiger partial charge in [-0.2, -0.15) is 0 Å². The van der Waals surface area contributed by atoms with E-state index in [-0.39, 0.29) is 46.6 Å². The van der Waals surface area contributed by atoms with Gasteiger partial charge in [-0.25, -0.2) is 54.2 Å². The highest BCUT2D eigenvalue weighted by molar-refractivity contribution is 9.11. The molecular weight excluding hydrogens is 2170 g/mol. The zero-order valence-electron chi connectivity index (χ0n) is 77.9. The van der Waals surface area contributed by atoms with Crippen LogP contribution in [-0.2, 0) is 0 Å². The number of pyridine rings is 1. The van der Waals surface area contributed by atoms with E-state index in [9.17, 15) is 14.5 Å². The Morgan fingerprint density at radius 2 is 0.660 bits per heavy atom. The van der Waals surface area contributed by atoms with Crippen LogP contribution in [0.25, 0.3) is 85.7 Å². The largest absolute Gasteiger partial charge is 0.442 e. The van der Waals surface area contributed by atoms with Crippen molar-refractivity contribution in [1.29, 1.82) is 0 Å². The second-order valence-corrected chi connectivity index (χ2v) is 39.1. The van der Waals surface area contributed by atoms with Crippen molar-refractivity contribution in [2.75, 3.05) is 0 Å². The number of nitrogens with zero attached hydrogens (tertiary/aromatic N) is 22. The van der Waals surface area contributed by atoms with Gasteiger partial charge in [0.15, 0.2) is 60.8 Å². The maximum Gasteiger partial charge on any atom is 0.278 e. The highest BCUT2D eigenvalue weighted by Crippen LogP contribution is 2.46. The van der Waals surface area contributed by atoms with Crippen molar-refractivity contribution in [3.63, 3.8) is 0 Å². The number of oxazole rings is 5. The fraction of sp³-hybridized carbons (Fsp3) is 0.130. The molecule has 9 aromatic carbocycles. The number of hydrogen-bond acceptors (Lipinski definition) is 23. The van der Waals surface area contributed by atoms with Crippen LogP contribution in [0.5, 0.6) is 0 Å². The van der Waals surface area contributed by atoms with Crippen molar-refractivity contribution >= 4 is 125 Å². The van der Waals surface area contributed by atoms with Crippen molar-refractivity contribution in [2.45, 2.75) is 92.5 Å². The van der Waals surface area contributed by atoms with Crippen LogP contribution in [0, 0.1) is 43.6 Å². The number of nitro groups is 1. The van der Waals surface area contributed by atoms with Gasteiger partial charge in [0.1, 0.15) is 65.9 Å². The van der Waals surface area contributed by atoms with E-state index in [1.165, 1.54) is 44.1 Å². The summed E-state index contributed by atoms with van der Waals surface area (Å²) in [5, 5.41) is 12.4. The van der Waals surface area contributed by atoms with Crippen molar-refractivity contribution in [2.24, 2.45) is 25.0 Å². The van der Waals surface area contributed by atoms with Crippen molar-refractivity contribution in [3.05, 3.63) is 439 Å². The molecule has 20 aromatic rings. The fourth-order valence-electron chi connectivity index (χ4n) is 18.6. The summed E-state index contributed by atoms with van der Waals surface area (Å²) in [4.78, 5) is 84.9. The SMILES string of the molecule is C[C@@H]1N=C(c2ccccc2[N+](=O)[O-])c2cc(Br)ccc2-n2cnc(-c3cnco3)c21.Cc1ncoc1-c1ncn2c1[C@H](C)N=C(c1ccccc1)c1cc(Br)ccc1-2.Cc1ncoc1-c1ncn2c1[C@H](C)N=C(c1ccccc1Cl)c1cc(Br)ccc1-2.Cc1ncoc1-c1ncn2c1[C@H](C)N=C(c1ccccc1F)c1cc(Br)ccc1-2.Cc1ncoc1-c1ncn2c1[C@H](C)N=C(c1ccccn1)c1cc(Br)ccc1-2. The van der Waals surface area contributed by atoms with Crippen LogP contribution < -0.4 is 0 Å². The molecule has 0 bridgehead atoms. The molecule has 0 unspecified atom stereocenters. The second-order valence-electron chi connectivity index (χ2n) is 34.1. The number of halogens is 7. The fourth-order valence-corrected chi connectivity index (χ4v) is 20.6. The molecule has 712 valence electrons. The van der Waals surface area contributed by atoms with Gasteiger partial charge in [0.2, 0.25) is 0 Å². The number of hydrogen-bond donors (Lipinski definition) is 0. The average Bonchev–Trinajstić information content (AvgIpc) is 1.59. The predicted molar refractivity (Wildman–Crippen MR) is 565 cm³/mol. The van der Waals surface area contributed by atoms with Gasteiger partial charge in [-0.3, -0.25) is 62.9 Å². The Labute approximate surface area is 869 Å². The highest BCUT2D eigenvalue weighted by atomic mass is 79.9. The molecule has 0 aliphatic carbocycles. The molecule has 0 saturated heterocycles. The summed E-state index contributed by atoms with van der Waals surface area (Å²) in [6, 6.07) is 66.5. The summed E-state index contributed by atoms with van der Waals surface area (Å²) in [5.41, 5.74) is 28.4. The van der Waals surface area contributed by atoms with Crippen LogP contribution in [0.3, 0.4) is 0 Å². The Morgan fingerprint density at radius 3 is 1.03 bits per heavy atom. The first-order chi connectivity index (χ1) is 69.9. The first-order valence-corrected chi connectivity index (χ1v) is 49.7. The molecule has 25 rings (SSSR count). The van der Waals surface area contributed by atoms with E-state index < -0.39 is 0 Å². The minimum absolute atomic E-state index is 0.00883. The van der Waals surface area contributed by atoms with E-state index in [2.05, 4.69) is 217 Å². The van der Waals surface area contributed by atoms with E-state index in [0.717, 1.165) is 181 Å². The molecule has 0 amide bonds. The minimum Gasteiger partial charge on any atom is -0.442 e. The summed E-state index contributed by atoms with van der Waals surface area (Å²) < 4.78 is 57.6. The molecule has 5 aliphatic rings. The van der Waals surface area contributed by atoms with Gasteiger partial charge in [-0.1, -0.05) is 170 Å². The number of rotatable bonds is 11. The molecule has 29 nitrogen and oxygen atoms in total. The van der Waals surface area contributed by atoms with Gasteiger partial charge in [-0.05, 0) is 190 Å². The number of para-hydroxylation sites is 1. The third-order valence-electron chi connectivity index (χ3n) is 25.1. The molecule has 5 atom stereocenters. The number of aliphatic imine (C=N–C) groups is 5. The summed E-state index contributed by atoms with van der Waals surface area (Å²) in [5.74, 6) is 2.89. The lowest BCUT2D eigenvalue weighted by atomic mass is 9.99. The molecule has 16 heterocycles. The summed E-state index contributed by atoms with van der Waals surface area (Å²) in [6.07, 6.45) is 19.5. The number of aromatic nitrogens is 16. The molecule has 5 aliphatic heterocycles. The van der Waals surface area contributed by atoms with Crippen LogP contribution in [-0.4, -0.2) is 111 Å². The topological polar surface area (TPSA) is 337 Å². The third-order valence-corrected chi connectivity index (χ3v) is 27.9. The molecular formula is C108H79Br5ClFN22O7. The standard InChI is InChI=1S/C22H16BrClN4O.C22H16BrFN4O.C22H17BrN4O.C21H14BrN5O3.C21H16BrN5O/c2*1-12-21-20(22-13(2)26-11-29-22)25-10-28(21)18-8-7-14(23)9-16(18)19(27-12)15-5-3-4-6-17(15)24;1-13-21-20(22-14(2)25-12-28-22)24-11-27(21)18-9-8-16(23)10-17(18)19(26-13)15-6-4-3-5-7-15;1-12-21-20(18-9-23-11-30-18)24-10-26(21)16-7-6-13(22)8-15(16)19(25-12)14-4-2-3-5-17(14)27(28)29;1-12-20-19(21-13(2)25-11-28-21)24-10-27(20)17-7-6-14(22)9-15(17)18(26-12)16-5-3-4-8-23-16/h2*3-12H,1-2H3;3-13H,1-2H3;2-12H,1H3;3-12H,1-2H3/t2*12-;13-;2*12-/m00000/s1. The average molecular weight is 2250 g/mol. The molecule has 11 aromatic heterocycles. The smallest absolute Gasteiger partial charge is 0.278 e. The second kappa shape index (κ2) is 39.8. The van der Waals surface area contributed by atoms with E-state index in [1.807, 2.05) is 191 Å². The zero-order chi connectivity index (χ0) is 99.6. The molecule has 0 spiro atoms. The predicted octanol–water partition coefficient (Wildman–Crippen LogP) is 27.3. The van der Waals surface area contributed by atoms with Gasteiger partial charge in [0.25, 0.3) is 5.69 Å². The number of imidazole rings is 5. The number of nitro benzene ring substituents is 1. The number of benzene rings is 9. The lowest BCUT2D eigenvalue weighted by Gasteiger charge is -2.13. The maximum atomic E-state index is 14.7. The van der Waals surface area contributed by atoms with E-state index in [0.29, 0.717) is 67.8 Å². The maximum absolute atomic E-state index is 14.7. The Morgan fingerprint density at radius 1 is 0.333 bits per heavy atom. The van der Waals surface area contributed by atoms with Crippen molar-refractivity contribution in [3.8, 4) is 85.7 Å². The first kappa shape index (κ1) is 94.8. The van der Waals surface area contributed by atoms with Crippen LogP contribution in [0.15, 0.2) is 358 Å². The summed E-state index contributed by atoms with van der Waals surface area (Å²) in [7, 11) is 0. The van der Waals surface area contributed by atoms with Crippen LogP contribution >= 0.6 is 91.3 Å². The monoisotopic (exact) mass is 2240 g/mol. The van der Waals surface area contributed by atoms with Gasteiger partial charge in [0, 0.05) is 84.2 Å². The highest BCUT2D eigenvalue weighted by Gasteiger charge is 2.37. The first-order valence-electron chi connectivity index (χ1n) is 45.4. The molecule has 36 heteroatoms. The van der Waals surface area contributed by atoms with Crippen LogP contribution in [0.2, 0.25) is 5.02 Å². The third kappa shape index (κ3) is 17.8. The number of aryl methyl sites for hydroxylation is 4. The molecule has 0 radical (unpaired) electrons. The van der Waals surface area contributed by atoms with Crippen LogP contribution in [0.1, 0.15) is 172 Å². The molecule has 0 saturated carbocycles. The van der Waals surface area contributed by atoms with Gasteiger partial charge >= 0.3 is 0 Å². The van der Waals surface area contributed by atoms with Gasteiger partial charge in [0.05, 0.1) is 161 Å².